The lowest BCUT2D eigenvalue weighted by atomic mass is 9.93. The minimum Gasteiger partial charge on any atom is -0.492 e. The van der Waals surface area contributed by atoms with Gasteiger partial charge in [0.05, 0.1) is 18.4 Å². The van der Waals surface area contributed by atoms with Crippen LogP contribution in [0.2, 0.25) is 0 Å². The van der Waals surface area contributed by atoms with Crippen molar-refractivity contribution in [1.29, 1.82) is 0 Å². The Morgan fingerprint density at radius 2 is 1.75 bits per heavy atom. The average molecular weight is 417 g/mol. The average Bonchev–Trinajstić information content (AvgIpc) is 2.59. The van der Waals surface area contributed by atoms with Crippen molar-refractivity contribution in [2.24, 2.45) is 0 Å². The third-order valence-electron chi connectivity index (χ3n) is 4.14. The highest BCUT2D eigenvalue weighted by atomic mass is 32.2. The number of hydrogen-bond donors (Lipinski definition) is 1. The quantitative estimate of drug-likeness (QED) is 0.740. The minimum absolute atomic E-state index is 0.00676. The van der Waals surface area contributed by atoms with Crippen LogP contribution in [0.15, 0.2) is 46.2 Å². The van der Waals surface area contributed by atoms with Gasteiger partial charge < -0.3 is 14.8 Å². The molecule has 28 heavy (non-hydrogen) atoms. The Labute approximate surface area is 157 Å². The molecule has 11 heteroatoms. The van der Waals surface area contributed by atoms with Crippen LogP contribution in [0.5, 0.6) is 5.75 Å². The summed E-state index contributed by atoms with van der Waals surface area (Å²) < 4.78 is 70.1. The molecule has 150 valence electrons. The van der Waals surface area contributed by atoms with E-state index in [-0.39, 0.29) is 35.7 Å². The monoisotopic (exact) mass is 417 g/mol. The second-order valence-electron chi connectivity index (χ2n) is 5.99. The number of ether oxygens (including phenoxy) is 2. The van der Waals surface area contributed by atoms with Crippen LogP contribution < -0.4 is 10.1 Å². The van der Waals surface area contributed by atoms with E-state index in [1.165, 1.54) is 19.2 Å². The molecule has 0 radical (unpaired) electrons. The minimum atomic E-state index is -4.84. The van der Waals surface area contributed by atoms with Crippen LogP contribution in [-0.2, 0) is 30.6 Å². The molecule has 0 saturated carbocycles. The number of hydrogen-bond acceptors (Lipinski definition) is 7. The van der Waals surface area contributed by atoms with Crippen LogP contribution in [0.4, 0.5) is 13.2 Å². The van der Waals surface area contributed by atoms with Gasteiger partial charge in [0.1, 0.15) is 16.4 Å². The topological polar surface area (TPSA) is 98.8 Å². The molecule has 2 aliphatic rings. The summed E-state index contributed by atoms with van der Waals surface area (Å²) in [6, 6.07) is 4.65. The third kappa shape index (κ3) is 3.75. The maximum atomic E-state index is 12.8. The molecule has 1 aliphatic heterocycles. The zero-order chi connectivity index (χ0) is 20.7. The number of carbonyl (C=O) groups is 2. The number of methoxy groups -OCH3 is 1. The molecule has 0 spiro atoms. The number of sulfone groups is 1. The molecule has 1 aromatic carbocycles. The van der Waals surface area contributed by atoms with Crippen molar-refractivity contribution in [3.05, 3.63) is 51.8 Å². The van der Waals surface area contributed by atoms with Crippen LogP contribution >= 0.6 is 0 Å². The van der Waals surface area contributed by atoms with E-state index in [9.17, 15) is 31.2 Å². The summed E-state index contributed by atoms with van der Waals surface area (Å²) in [7, 11) is -2.77. The molecule has 0 saturated heterocycles. The smallest absolute Gasteiger partial charge is 0.492 e. The Balaban J connectivity index is 1.94. The van der Waals surface area contributed by atoms with Crippen molar-refractivity contribution in [2.75, 3.05) is 19.4 Å². The van der Waals surface area contributed by atoms with Crippen LogP contribution in [-0.4, -0.2) is 45.8 Å². The standard InChI is InChI=1S/C17H14F3NO6S/c1-26-15-11(8-9-2-4-10(5-3-9)27-17(18,19)20)13(22)16-12(14(15)23)21-6-7-28(16,24)25/h2-5,21H,6-8H2,1H3. The number of allylic oxidation sites excluding steroid dienone is 2. The largest absolute Gasteiger partial charge is 0.573 e. The van der Waals surface area contributed by atoms with Crippen molar-refractivity contribution >= 4 is 21.4 Å². The van der Waals surface area contributed by atoms with Crippen LogP contribution in [0.1, 0.15) is 5.56 Å². The highest BCUT2D eigenvalue weighted by Gasteiger charge is 2.43. The molecule has 1 heterocycles. The van der Waals surface area contributed by atoms with Crippen LogP contribution in [0, 0.1) is 0 Å². The molecule has 7 nitrogen and oxygen atoms in total. The first-order valence-corrected chi connectivity index (χ1v) is 9.61. The number of rotatable bonds is 4. The maximum absolute atomic E-state index is 12.8. The molecule has 1 N–H and O–H groups in total. The molecule has 0 amide bonds. The first-order valence-electron chi connectivity index (χ1n) is 7.95. The summed E-state index contributed by atoms with van der Waals surface area (Å²) in [5.74, 6) is -2.71. The van der Waals surface area contributed by atoms with Gasteiger partial charge in [0.25, 0.3) is 0 Å². The van der Waals surface area contributed by atoms with Gasteiger partial charge in [-0.25, -0.2) is 8.42 Å². The third-order valence-corrected chi connectivity index (χ3v) is 5.89. The molecular weight excluding hydrogens is 403 g/mol. The number of nitrogens with one attached hydrogen (secondary N) is 1. The van der Waals surface area contributed by atoms with E-state index in [4.69, 9.17) is 4.74 Å². The zero-order valence-electron chi connectivity index (χ0n) is 14.4. The molecule has 0 fully saturated rings. The van der Waals surface area contributed by atoms with Gasteiger partial charge in [0, 0.05) is 13.0 Å². The summed E-state index contributed by atoms with van der Waals surface area (Å²) in [6.07, 6.45) is -5.05. The van der Waals surface area contributed by atoms with Gasteiger partial charge in [-0.2, -0.15) is 0 Å². The maximum Gasteiger partial charge on any atom is 0.573 e. The fourth-order valence-electron chi connectivity index (χ4n) is 2.97. The highest BCUT2D eigenvalue weighted by Crippen LogP contribution is 2.32. The number of alkyl halides is 3. The Hall–Kier alpha value is -2.82. The Kier molecular flexibility index (Phi) is 4.96. The van der Waals surface area contributed by atoms with E-state index < -0.39 is 38.4 Å². The summed E-state index contributed by atoms with van der Waals surface area (Å²) in [5.41, 5.74) is -0.126. The van der Waals surface area contributed by atoms with E-state index >= 15 is 0 Å². The molecule has 0 atom stereocenters. The van der Waals surface area contributed by atoms with Crippen molar-refractivity contribution in [2.45, 2.75) is 12.8 Å². The first kappa shape index (κ1) is 19.9. The SMILES string of the molecule is COC1=C(Cc2ccc(OC(F)(F)F)cc2)C(=O)C2=C(NCCS2(=O)=O)C1=O. The van der Waals surface area contributed by atoms with Crippen molar-refractivity contribution in [3.8, 4) is 5.75 Å². The fraction of sp³-hybridized carbons (Fsp3) is 0.294. The lowest BCUT2D eigenvalue weighted by molar-refractivity contribution is -0.274. The molecule has 0 bridgehead atoms. The van der Waals surface area contributed by atoms with Gasteiger partial charge in [-0.3, -0.25) is 9.59 Å². The summed E-state index contributed by atoms with van der Waals surface area (Å²) in [6.45, 7) is -0.00676. The van der Waals surface area contributed by atoms with E-state index in [1.54, 1.807) is 0 Å². The molecule has 3 rings (SSSR count). The zero-order valence-corrected chi connectivity index (χ0v) is 15.2. The Morgan fingerprint density at radius 1 is 1.11 bits per heavy atom. The lowest BCUT2D eigenvalue weighted by Crippen LogP contribution is -2.42. The summed E-state index contributed by atoms with van der Waals surface area (Å²) in [4.78, 5) is 24.8. The van der Waals surface area contributed by atoms with E-state index in [0.29, 0.717) is 5.56 Å². The van der Waals surface area contributed by atoms with Gasteiger partial charge in [0.15, 0.2) is 15.6 Å². The van der Waals surface area contributed by atoms with Gasteiger partial charge >= 0.3 is 6.36 Å². The van der Waals surface area contributed by atoms with Crippen molar-refractivity contribution in [3.63, 3.8) is 0 Å². The van der Waals surface area contributed by atoms with E-state index in [2.05, 4.69) is 10.1 Å². The van der Waals surface area contributed by atoms with Gasteiger partial charge in [0.2, 0.25) is 11.6 Å². The molecule has 1 aromatic rings. The van der Waals surface area contributed by atoms with Crippen LogP contribution in [0.3, 0.4) is 0 Å². The van der Waals surface area contributed by atoms with Crippen LogP contribution in [0.25, 0.3) is 0 Å². The molecule has 0 aromatic heterocycles. The van der Waals surface area contributed by atoms with E-state index in [1.807, 2.05) is 0 Å². The Morgan fingerprint density at radius 3 is 2.32 bits per heavy atom. The van der Waals surface area contributed by atoms with Gasteiger partial charge in [-0.1, -0.05) is 12.1 Å². The first-order chi connectivity index (χ1) is 13.0. The predicted molar refractivity (Wildman–Crippen MR) is 89.7 cm³/mol. The normalized spacial score (nSPS) is 19.3. The number of carbonyl (C=O) groups excluding carboxylic acids is 2. The van der Waals surface area contributed by atoms with Gasteiger partial charge in [-0.05, 0) is 17.7 Å². The highest BCUT2D eigenvalue weighted by molar-refractivity contribution is 7.96. The Bertz CT molecular complexity index is 1010. The fourth-order valence-corrected chi connectivity index (χ4v) is 4.42. The summed E-state index contributed by atoms with van der Waals surface area (Å²) >= 11 is 0. The number of halogens is 3. The lowest BCUT2D eigenvalue weighted by Gasteiger charge is -2.26. The predicted octanol–water partition coefficient (Wildman–Crippen LogP) is 1.41. The van der Waals surface area contributed by atoms with Crippen molar-refractivity contribution in [1.82, 2.24) is 5.32 Å². The van der Waals surface area contributed by atoms with Crippen molar-refractivity contribution < 1.29 is 40.7 Å². The second kappa shape index (κ2) is 6.97. The number of ketones is 2. The van der Waals surface area contributed by atoms with Gasteiger partial charge in [-0.15, -0.1) is 13.2 Å². The summed E-state index contributed by atoms with van der Waals surface area (Å²) in [5, 5.41) is 2.63. The molecular formula is C17H14F3NO6S. The second-order valence-corrected chi connectivity index (χ2v) is 8.03. The van der Waals surface area contributed by atoms with E-state index in [0.717, 1.165) is 12.1 Å². The molecule has 0 unspecified atom stereocenters. The number of Topliss-reactive ketones (excluding diaryl/α,β-unsaturated/α-hetero) is 2. The number of benzene rings is 1. The molecule has 1 aliphatic carbocycles.